The van der Waals surface area contributed by atoms with Crippen molar-refractivity contribution in [1.82, 2.24) is 0 Å². The molecule has 1 aliphatic carbocycles. The van der Waals surface area contributed by atoms with Crippen LogP contribution in [0.5, 0.6) is 0 Å². The third-order valence-corrected chi connectivity index (χ3v) is 13.3. The first-order chi connectivity index (χ1) is 31.7. The second-order valence-corrected chi connectivity index (χ2v) is 16.8. The van der Waals surface area contributed by atoms with Gasteiger partial charge in [0.25, 0.3) is 0 Å². The molecule has 0 radical (unpaired) electrons. The molecule has 64 heavy (non-hydrogen) atoms. The number of benzene rings is 10. The zero-order valence-electron chi connectivity index (χ0n) is 34.8. The van der Waals surface area contributed by atoms with Gasteiger partial charge in [0.1, 0.15) is 22.3 Å². The Kier molecular flexibility index (Phi) is 8.13. The lowest BCUT2D eigenvalue weighted by Crippen LogP contribution is -2.28. The standard InChI is InChI=1S/C61H39NO2/c1-5-16-40(17-6-1)42-28-31-46(32-29-42)62(55-27-15-26-54-60(55)50-24-13-14-25-53(50)61(54,44-20-9-3-10-21-44)45-22-11-4-12-23-45)47-33-35-49-52-39-58-51(38-59(52)64-57(49)37-47)48-34-30-43(36-56(48)63-58)41-18-7-2-8-19-41/h1-39H. The van der Waals surface area contributed by atoms with E-state index in [1.54, 1.807) is 0 Å². The molecule has 2 heterocycles. The molecule has 0 spiro atoms. The third kappa shape index (κ3) is 5.47. The molecule has 0 unspecified atom stereocenters. The molecule has 3 heteroatoms. The van der Waals surface area contributed by atoms with E-state index in [0.29, 0.717) is 0 Å². The monoisotopic (exact) mass is 817 g/mol. The van der Waals surface area contributed by atoms with Crippen LogP contribution in [0.25, 0.3) is 77.3 Å². The number of fused-ring (bicyclic) bond motifs is 9. The van der Waals surface area contributed by atoms with Gasteiger partial charge in [-0.2, -0.15) is 0 Å². The Hall–Kier alpha value is -8.40. The summed E-state index contributed by atoms with van der Waals surface area (Å²) in [7, 11) is 0. The molecule has 12 aromatic rings. The summed E-state index contributed by atoms with van der Waals surface area (Å²) in [5.74, 6) is 0. The van der Waals surface area contributed by atoms with Gasteiger partial charge in [-0.15, -0.1) is 0 Å². The van der Waals surface area contributed by atoms with Crippen molar-refractivity contribution < 1.29 is 8.83 Å². The Labute approximate surface area is 370 Å². The number of nitrogens with zero attached hydrogens (tertiary/aromatic N) is 1. The fourth-order valence-electron chi connectivity index (χ4n) is 10.5. The molecule has 0 saturated heterocycles. The molecule has 0 bridgehead atoms. The first-order valence-corrected chi connectivity index (χ1v) is 21.9. The van der Waals surface area contributed by atoms with Gasteiger partial charge in [0, 0.05) is 44.5 Å². The lowest BCUT2D eigenvalue weighted by atomic mass is 9.68. The van der Waals surface area contributed by atoms with Crippen molar-refractivity contribution in [2.45, 2.75) is 5.41 Å². The molecule has 300 valence electrons. The van der Waals surface area contributed by atoms with Crippen molar-refractivity contribution in [1.29, 1.82) is 0 Å². The fourth-order valence-corrected chi connectivity index (χ4v) is 10.5. The van der Waals surface area contributed by atoms with E-state index in [1.165, 1.54) is 44.5 Å². The lowest BCUT2D eigenvalue weighted by Gasteiger charge is -2.34. The molecule has 0 saturated carbocycles. The van der Waals surface area contributed by atoms with Gasteiger partial charge >= 0.3 is 0 Å². The quantitative estimate of drug-likeness (QED) is 0.160. The molecule has 0 amide bonds. The second kappa shape index (κ2) is 14.3. The maximum Gasteiger partial charge on any atom is 0.137 e. The molecular formula is C61H39NO2. The molecule has 10 aromatic carbocycles. The summed E-state index contributed by atoms with van der Waals surface area (Å²) in [6.07, 6.45) is 0. The molecule has 0 aliphatic heterocycles. The smallest absolute Gasteiger partial charge is 0.137 e. The normalized spacial score (nSPS) is 12.8. The molecule has 3 nitrogen and oxygen atoms in total. The van der Waals surface area contributed by atoms with E-state index in [0.717, 1.165) is 72.1 Å². The molecule has 2 aromatic heterocycles. The predicted octanol–water partition coefficient (Wildman–Crippen LogP) is 16.7. The molecule has 0 N–H and O–H groups in total. The number of anilines is 3. The largest absolute Gasteiger partial charge is 0.456 e. The predicted molar refractivity (Wildman–Crippen MR) is 264 cm³/mol. The molecule has 0 fully saturated rings. The highest BCUT2D eigenvalue weighted by Gasteiger charge is 2.47. The Morgan fingerprint density at radius 3 is 1.42 bits per heavy atom. The summed E-state index contributed by atoms with van der Waals surface area (Å²) >= 11 is 0. The number of hydrogen-bond donors (Lipinski definition) is 0. The summed E-state index contributed by atoms with van der Waals surface area (Å²) in [6, 6.07) is 85.2. The van der Waals surface area contributed by atoms with Crippen LogP contribution in [-0.4, -0.2) is 0 Å². The van der Waals surface area contributed by atoms with Gasteiger partial charge in [-0.05, 0) is 105 Å². The number of hydrogen-bond acceptors (Lipinski definition) is 3. The lowest BCUT2D eigenvalue weighted by molar-refractivity contribution is 0.664. The van der Waals surface area contributed by atoms with Crippen molar-refractivity contribution >= 4 is 60.9 Å². The topological polar surface area (TPSA) is 29.5 Å². The first-order valence-electron chi connectivity index (χ1n) is 21.9. The SMILES string of the molecule is c1ccc(-c2ccc(N(c3ccc4c(c3)oc3cc5c(cc34)oc3cc(-c4ccccc4)ccc35)c3cccc4c3-c3ccccc3C4(c3ccccc3)c3ccccc3)cc2)cc1. The average Bonchev–Trinajstić information content (AvgIpc) is 4.02. The zero-order valence-corrected chi connectivity index (χ0v) is 34.8. The third-order valence-electron chi connectivity index (χ3n) is 13.3. The summed E-state index contributed by atoms with van der Waals surface area (Å²) in [5.41, 5.74) is 18.1. The van der Waals surface area contributed by atoms with E-state index in [4.69, 9.17) is 8.83 Å². The highest BCUT2D eigenvalue weighted by molar-refractivity contribution is 6.15. The number of rotatable bonds is 7. The summed E-state index contributed by atoms with van der Waals surface area (Å²) in [5, 5.41) is 4.19. The molecule has 13 rings (SSSR count). The van der Waals surface area contributed by atoms with Crippen LogP contribution in [0.15, 0.2) is 245 Å². The van der Waals surface area contributed by atoms with E-state index in [9.17, 15) is 0 Å². The van der Waals surface area contributed by atoms with Gasteiger partial charge in [0.15, 0.2) is 0 Å². The van der Waals surface area contributed by atoms with E-state index < -0.39 is 5.41 Å². The van der Waals surface area contributed by atoms with Gasteiger partial charge in [0.2, 0.25) is 0 Å². The highest BCUT2D eigenvalue weighted by Crippen LogP contribution is 2.59. The van der Waals surface area contributed by atoms with Crippen LogP contribution >= 0.6 is 0 Å². The van der Waals surface area contributed by atoms with Gasteiger partial charge < -0.3 is 13.7 Å². The van der Waals surface area contributed by atoms with E-state index in [1.807, 2.05) is 6.07 Å². The van der Waals surface area contributed by atoms with Crippen LogP contribution in [0, 0.1) is 0 Å². The molecule has 1 aliphatic rings. The zero-order chi connectivity index (χ0) is 42.2. The maximum absolute atomic E-state index is 6.84. The first kappa shape index (κ1) is 36.3. The second-order valence-electron chi connectivity index (χ2n) is 16.8. The van der Waals surface area contributed by atoms with E-state index in [-0.39, 0.29) is 0 Å². The minimum atomic E-state index is -0.528. The van der Waals surface area contributed by atoms with Crippen LogP contribution < -0.4 is 4.90 Å². The summed E-state index contributed by atoms with van der Waals surface area (Å²) < 4.78 is 13.4. The Morgan fingerprint density at radius 2 is 0.781 bits per heavy atom. The van der Waals surface area contributed by atoms with Gasteiger partial charge in [-0.1, -0.05) is 176 Å². The van der Waals surface area contributed by atoms with Crippen molar-refractivity contribution in [3.8, 4) is 33.4 Å². The Morgan fingerprint density at radius 1 is 0.312 bits per heavy atom. The van der Waals surface area contributed by atoms with Gasteiger partial charge in [-0.25, -0.2) is 0 Å². The fraction of sp³-hybridized carbons (Fsp3) is 0.0164. The van der Waals surface area contributed by atoms with Crippen LogP contribution in [0.4, 0.5) is 17.1 Å². The maximum atomic E-state index is 6.84. The van der Waals surface area contributed by atoms with Crippen LogP contribution in [0.3, 0.4) is 0 Å². The Balaban J connectivity index is 1.01. The molecule has 0 atom stereocenters. The molecular weight excluding hydrogens is 779 g/mol. The van der Waals surface area contributed by atoms with Crippen molar-refractivity contribution in [2.24, 2.45) is 0 Å². The summed E-state index contributed by atoms with van der Waals surface area (Å²) in [4.78, 5) is 2.41. The highest BCUT2D eigenvalue weighted by atomic mass is 16.3. The number of furan rings is 2. The van der Waals surface area contributed by atoms with Gasteiger partial charge in [-0.3, -0.25) is 0 Å². The Bertz CT molecular complexity index is 3660. The van der Waals surface area contributed by atoms with Crippen molar-refractivity contribution in [3.63, 3.8) is 0 Å². The van der Waals surface area contributed by atoms with E-state index >= 15 is 0 Å². The minimum Gasteiger partial charge on any atom is -0.456 e. The minimum absolute atomic E-state index is 0.528. The summed E-state index contributed by atoms with van der Waals surface area (Å²) in [6.45, 7) is 0. The average molecular weight is 818 g/mol. The van der Waals surface area contributed by atoms with Crippen molar-refractivity contribution in [3.05, 3.63) is 259 Å². The van der Waals surface area contributed by atoms with Crippen LogP contribution in [0.2, 0.25) is 0 Å². The van der Waals surface area contributed by atoms with Crippen molar-refractivity contribution in [2.75, 3.05) is 4.90 Å². The van der Waals surface area contributed by atoms with Crippen LogP contribution in [-0.2, 0) is 5.41 Å². The van der Waals surface area contributed by atoms with Gasteiger partial charge in [0.05, 0.1) is 11.1 Å². The van der Waals surface area contributed by atoms with Crippen LogP contribution in [0.1, 0.15) is 22.3 Å². The van der Waals surface area contributed by atoms with E-state index in [2.05, 4.69) is 235 Å².